The monoisotopic (exact) mass is 1240 g/mol. The molecular formula is C55H66Br2Cl2F2N10O7. The van der Waals surface area contributed by atoms with Gasteiger partial charge in [-0.1, -0.05) is 57.8 Å². The van der Waals surface area contributed by atoms with E-state index in [1.54, 1.807) is 49.0 Å². The molecule has 8 rings (SSSR count). The Balaban J connectivity index is 0.000000226. The summed E-state index contributed by atoms with van der Waals surface area (Å²) in [6.45, 7) is 26.0. The summed E-state index contributed by atoms with van der Waals surface area (Å²) in [4.78, 5) is 77.9. The number of benzene rings is 2. The lowest BCUT2D eigenvalue weighted by molar-refractivity contribution is 0.0192. The SMILES string of the molecule is CC[C@H]1CN(C(=O)OC(C)(C)C)CCN1c1nc(=O)n(-c2c(C)ccnc2C(C)C)c2cc(Cl)c(F)c(Br)c12.Cc1ccnc(C(C)C)c1-n1c(=O)nc(N2CCN(C(=O)OC(C)(C)C)C[C@@H]2CO)c2c(Br)c(F)c(Cl)cc21. The molecule has 0 saturated carbocycles. The molecule has 2 aliphatic rings. The van der Waals surface area contributed by atoms with Gasteiger partial charge < -0.3 is 34.2 Å². The topological polar surface area (TPSA) is 181 Å². The lowest BCUT2D eigenvalue weighted by Gasteiger charge is -2.42. The van der Waals surface area contributed by atoms with Gasteiger partial charge >= 0.3 is 23.6 Å². The Morgan fingerprint density at radius 3 is 1.41 bits per heavy atom. The molecule has 2 amide bonds. The van der Waals surface area contributed by atoms with Crippen molar-refractivity contribution in [3.05, 3.63) is 111 Å². The number of hydrogen-bond acceptors (Lipinski definition) is 13. The maximum Gasteiger partial charge on any atom is 0.410 e. The van der Waals surface area contributed by atoms with Gasteiger partial charge in [-0.15, -0.1) is 0 Å². The summed E-state index contributed by atoms with van der Waals surface area (Å²) in [6.07, 6.45) is 3.17. The molecule has 2 aliphatic heterocycles. The average molecular weight is 1250 g/mol. The van der Waals surface area contributed by atoms with Gasteiger partial charge in [0.1, 0.15) is 22.8 Å². The number of aryl methyl sites for hydroxylation is 2. The van der Waals surface area contributed by atoms with Crippen LogP contribution in [-0.4, -0.2) is 125 Å². The minimum atomic E-state index is -0.697. The van der Waals surface area contributed by atoms with E-state index in [0.29, 0.717) is 70.7 Å². The summed E-state index contributed by atoms with van der Waals surface area (Å²) in [5.74, 6) is -0.796. The van der Waals surface area contributed by atoms with Gasteiger partial charge in [-0.05, 0) is 141 Å². The number of halogens is 6. The number of aromatic nitrogens is 6. The van der Waals surface area contributed by atoms with Gasteiger partial charge in [-0.25, -0.2) is 28.0 Å². The molecule has 6 aromatic rings. The third-order valence-corrected chi connectivity index (χ3v) is 15.4. The van der Waals surface area contributed by atoms with Crippen molar-refractivity contribution >= 4 is 101 Å². The number of aliphatic hydroxyl groups is 1. The van der Waals surface area contributed by atoms with Crippen LogP contribution >= 0.6 is 55.1 Å². The molecule has 2 fully saturated rings. The predicted octanol–water partition coefficient (Wildman–Crippen LogP) is 11.8. The smallest absolute Gasteiger partial charge is 0.410 e. The van der Waals surface area contributed by atoms with Crippen LogP contribution in [0, 0.1) is 25.5 Å². The van der Waals surface area contributed by atoms with Crippen molar-refractivity contribution in [2.45, 2.75) is 132 Å². The van der Waals surface area contributed by atoms with Crippen LogP contribution in [0.25, 0.3) is 33.2 Å². The molecule has 0 aliphatic carbocycles. The second-order valence-corrected chi connectivity index (χ2v) is 24.4. The van der Waals surface area contributed by atoms with E-state index in [4.69, 9.17) is 32.7 Å². The first-order valence-electron chi connectivity index (χ1n) is 25.7. The normalized spacial score (nSPS) is 16.3. The van der Waals surface area contributed by atoms with E-state index in [1.165, 1.54) is 26.2 Å². The summed E-state index contributed by atoms with van der Waals surface area (Å²) >= 11 is 19.4. The van der Waals surface area contributed by atoms with E-state index in [2.05, 4.69) is 51.8 Å². The van der Waals surface area contributed by atoms with E-state index in [0.717, 1.165) is 16.8 Å². The van der Waals surface area contributed by atoms with Crippen LogP contribution in [0.2, 0.25) is 10.0 Å². The maximum atomic E-state index is 15.2. The van der Waals surface area contributed by atoms with E-state index in [9.17, 15) is 24.3 Å². The Morgan fingerprint density at radius 1 is 0.692 bits per heavy atom. The zero-order valence-electron chi connectivity index (χ0n) is 46.1. The lowest BCUT2D eigenvalue weighted by atomic mass is 10.0. The molecule has 1 N–H and O–H groups in total. The molecule has 2 atom stereocenters. The number of hydrogen-bond donors (Lipinski definition) is 1. The van der Waals surface area contributed by atoms with Crippen LogP contribution in [-0.2, 0) is 9.47 Å². The number of nitrogens with zero attached hydrogens (tertiary/aromatic N) is 10. The molecule has 17 nitrogen and oxygen atoms in total. The minimum Gasteiger partial charge on any atom is -0.444 e. The van der Waals surface area contributed by atoms with E-state index in [-0.39, 0.29) is 75.0 Å². The first-order chi connectivity index (χ1) is 36.5. The fourth-order valence-corrected chi connectivity index (χ4v) is 11.5. The lowest BCUT2D eigenvalue weighted by Crippen LogP contribution is -2.57. The molecule has 420 valence electrons. The van der Waals surface area contributed by atoms with E-state index in [1.807, 2.05) is 80.2 Å². The van der Waals surface area contributed by atoms with Gasteiger partial charge in [0.15, 0.2) is 11.6 Å². The Morgan fingerprint density at radius 2 is 1.06 bits per heavy atom. The number of pyridine rings is 2. The molecule has 0 radical (unpaired) electrons. The second-order valence-electron chi connectivity index (χ2n) is 22.0. The summed E-state index contributed by atoms with van der Waals surface area (Å²) in [5, 5.41) is 10.7. The van der Waals surface area contributed by atoms with Crippen molar-refractivity contribution in [2.75, 3.05) is 55.7 Å². The van der Waals surface area contributed by atoms with Crippen LogP contribution in [0.1, 0.15) is 117 Å². The molecule has 0 bridgehead atoms. The number of anilines is 2. The molecule has 2 saturated heterocycles. The van der Waals surface area contributed by atoms with E-state index >= 15 is 8.78 Å². The van der Waals surface area contributed by atoms with Crippen molar-refractivity contribution < 1.29 is 33.0 Å². The molecule has 0 spiro atoms. The third kappa shape index (κ3) is 12.3. The van der Waals surface area contributed by atoms with Crippen LogP contribution < -0.4 is 21.2 Å². The number of fused-ring (bicyclic) bond motifs is 2. The van der Waals surface area contributed by atoms with Crippen LogP contribution in [0.4, 0.5) is 30.0 Å². The second kappa shape index (κ2) is 23.7. The van der Waals surface area contributed by atoms with Gasteiger partial charge in [-0.2, -0.15) is 9.97 Å². The Bertz CT molecular complexity index is 3200. The van der Waals surface area contributed by atoms with Crippen molar-refractivity contribution in [1.82, 2.24) is 38.9 Å². The minimum absolute atomic E-state index is 0.0133. The number of carbonyl (C=O) groups is 2. The zero-order valence-corrected chi connectivity index (χ0v) is 50.8. The quantitative estimate of drug-likeness (QED) is 0.142. The third-order valence-electron chi connectivity index (χ3n) is 13.3. The first-order valence-corrected chi connectivity index (χ1v) is 28.1. The van der Waals surface area contributed by atoms with Gasteiger partial charge in [0.05, 0.1) is 76.2 Å². The van der Waals surface area contributed by atoms with Gasteiger partial charge in [-0.3, -0.25) is 19.1 Å². The van der Waals surface area contributed by atoms with Gasteiger partial charge in [0.25, 0.3) is 0 Å². The predicted molar refractivity (Wildman–Crippen MR) is 309 cm³/mol. The highest BCUT2D eigenvalue weighted by atomic mass is 79.9. The Hall–Kier alpha value is -5.48. The fraction of sp³-hybridized carbons (Fsp3) is 0.491. The van der Waals surface area contributed by atoms with Crippen LogP contribution in [0.5, 0.6) is 0 Å². The van der Waals surface area contributed by atoms with Crippen molar-refractivity contribution in [3.8, 4) is 11.4 Å². The largest absolute Gasteiger partial charge is 0.444 e. The highest BCUT2D eigenvalue weighted by molar-refractivity contribution is 9.11. The molecule has 23 heteroatoms. The van der Waals surface area contributed by atoms with Crippen molar-refractivity contribution in [1.29, 1.82) is 0 Å². The van der Waals surface area contributed by atoms with Crippen molar-refractivity contribution in [2.24, 2.45) is 0 Å². The van der Waals surface area contributed by atoms with Crippen molar-refractivity contribution in [3.63, 3.8) is 0 Å². The number of rotatable bonds is 8. The summed E-state index contributed by atoms with van der Waals surface area (Å²) in [7, 11) is 0. The highest BCUT2D eigenvalue weighted by Gasteiger charge is 2.37. The summed E-state index contributed by atoms with van der Waals surface area (Å²) < 4.78 is 44.6. The standard InChI is InChI=1S/C28H34BrClFN5O3.C27H32BrClFN5O4/c1-8-17-14-34(27(38)39-28(5,6)7)11-12-35(17)25-20-19(13-18(30)22(31)21(20)29)36(26(37)33-25)24-16(4)9-10-32-23(24)15(2)3;1-14(2)22-23(15(3)7-8-31-22)35-18-11-17(29)21(30)20(28)19(18)24(32-25(35)37)34-10-9-33(12-16(34)13-36)26(38)39-27(4,5)6/h9-10,13,15,17H,8,11-12,14H2,1-7H3;7-8,11,14,16,36H,9-10,12-13H2,1-6H3/t17-;16-/m01/s1. The van der Waals surface area contributed by atoms with Gasteiger partial charge in [0, 0.05) is 57.7 Å². The number of ether oxygens (including phenoxy) is 2. The molecular weight excluding hydrogens is 1180 g/mol. The van der Waals surface area contributed by atoms with E-state index < -0.39 is 46.4 Å². The highest BCUT2D eigenvalue weighted by Crippen LogP contribution is 2.41. The molecule has 0 unspecified atom stereocenters. The first kappa shape index (κ1) is 60.2. The Kier molecular flexibility index (Phi) is 18.3. The summed E-state index contributed by atoms with van der Waals surface area (Å²) in [5.41, 5.74) is 2.56. The molecule has 4 aromatic heterocycles. The Labute approximate surface area is 479 Å². The molecule has 78 heavy (non-hydrogen) atoms. The molecule has 6 heterocycles. The maximum absolute atomic E-state index is 15.2. The zero-order chi connectivity index (χ0) is 57.6. The summed E-state index contributed by atoms with van der Waals surface area (Å²) in [6, 6.07) is 5.72. The average Bonchev–Trinajstić information content (AvgIpc) is 3.43. The number of aliphatic hydroxyl groups excluding tert-OH is 1. The number of carbonyl (C=O) groups excluding carboxylic acids is 2. The number of amides is 2. The number of piperazine rings is 2. The van der Waals surface area contributed by atoms with Crippen LogP contribution in [0.3, 0.4) is 0 Å². The fourth-order valence-electron chi connectivity index (χ4n) is 9.72. The van der Waals surface area contributed by atoms with Crippen LogP contribution in [0.15, 0.2) is 55.2 Å². The molecule has 2 aromatic carbocycles. The van der Waals surface area contributed by atoms with Gasteiger partial charge in [0.2, 0.25) is 0 Å².